The fourth-order valence-corrected chi connectivity index (χ4v) is 4.41. The summed E-state index contributed by atoms with van der Waals surface area (Å²) in [4.78, 5) is 27.1. The Bertz CT molecular complexity index is 915. The minimum absolute atomic E-state index is 0.193. The van der Waals surface area contributed by atoms with Gasteiger partial charge < -0.3 is 5.32 Å². The molecule has 6 heteroatoms. The molecule has 1 unspecified atom stereocenters. The van der Waals surface area contributed by atoms with Crippen LogP contribution < -0.4 is 5.32 Å². The Morgan fingerprint density at radius 3 is 2.64 bits per heavy atom. The predicted molar refractivity (Wildman–Crippen MR) is 107 cm³/mol. The number of hydrogen-bond acceptors (Lipinski definition) is 3. The van der Waals surface area contributed by atoms with Crippen molar-refractivity contribution in [3.8, 4) is 0 Å². The maximum Gasteiger partial charge on any atom is 0.325 e. The number of aromatic nitrogens is 2. The Morgan fingerprint density at radius 1 is 1.14 bits per heavy atom. The molecule has 1 aromatic heterocycles. The van der Waals surface area contributed by atoms with E-state index in [9.17, 15) is 9.59 Å². The third kappa shape index (κ3) is 3.01. The summed E-state index contributed by atoms with van der Waals surface area (Å²) in [5.41, 5.74) is 3.22. The van der Waals surface area contributed by atoms with E-state index >= 15 is 0 Å². The third-order valence-corrected chi connectivity index (χ3v) is 6.25. The average molecular weight is 380 g/mol. The average Bonchev–Trinajstić information content (AvgIpc) is 3.39. The van der Waals surface area contributed by atoms with Crippen LogP contribution in [0.5, 0.6) is 0 Å². The van der Waals surface area contributed by atoms with Crippen LogP contribution in [0.1, 0.15) is 68.5 Å². The molecule has 1 saturated heterocycles. The summed E-state index contributed by atoms with van der Waals surface area (Å²) in [6, 6.07) is 8.05. The Labute approximate surface area is 165 Å². The van der Waals surface area contributed by atoms with Gasteiger partial charge in [-0.15, -0.1) is 0 Å². The summed E-state index contributed by atoms with van der Waals surface area (Å²) < 4.78 is 1.94. The largest absolute Gasteiger partial charge is 0.325 e. The molecule has 1 aliphatic heterocycles. The summed E-state index contributed by atoms with van der Waals surface area (Å²) in [6.45, 7) is 6.26. The van der Waals surface area contributed by atoms with Crippen LogP contribution in [0.4, 0.5) is 4.79 Å². The number of hydrogen-bond donors (Lipinski definition) is 1. The lowest BCUT2D eigenvalue weighted by Gasteiger charge is -2.23. The van der Waals surface area contributed by atoms with Crippen molar-refractivity contribution >= 4 is 11.9 Å². The number of carbonyl (C=O) groups is 2. The molecule has 1 aromatic carbocycles. The number of benzene rings is 1. The van der Waals surface area contributed by atoms with Gasteiger partial charge in [0.25, 0.3) is 5.91 Å². The molecule has 2 aliphatic rings. The molecule has 6 nitrogen and oxygen atoms in total. The number of nitrogens with zero attached hydrogens (tertiary/aromatic N) is 3. The molecule has 0 saturated carbocycles. The molecule has 2 aromatic rings. The van der Waals surface area contributed by atoms with Gasteiger partial charge in [-0.2, -0.15) is 5.10 Å². The molecule has 1 fully saturated rings. The molecule has 0 spiro atoms. The van der Waals surface area contributed by atoms with E-state index in [0.717, 1.165) is 43.4 Å². The summed E-state index contributed by atoms with van der Waals surface area (Å²) in [5, 5.41) is 7.51. The summed E-state index contributed by atoms with van der Waals surface area (Å²) >= 11 is 0. The molecule has 148 valence electrons. The van der Waals surface area contributed by atoms with Crippen LogP contribution in [0.2, 0.25) is 0 Å². The second-order valence-corrected chi connectivity index (χ2v) is 8.04. The monoisotopic (exact) mass is 380 g/mol. The first-order chi connectivity index (χ1) is 13.5. The van der Waals surface area contributed by atoms with Gasteiger partial charge in [-0.3, -0.25) is 14.4 Å². The minimum Gasteiger partial charge on any atom is -0.319 e. The van der Waals surface area contributed by atoms with Crippen molar-refractivity contribution in [2.24, 2.45) is 0 Å². The molecular formula is C22H28N4O2. The second kappa shape index (κ2) is 7.08. The van der Waals surface area contributed by atoms with Crippen LogP contribution in [-0.4, -0.2) is 26.6 Å². The Balaban J connectivity index is 1.56. The van der Waals surface area contributed by atoms with Crippen molar-refractivity contribution in [1.82, 2.24) is 20.0 Å². The molecule has 0 bridgehead atoms. The molecular weight excluding hydrogens is 352 g/mol. The van der Waals surface area contributed by atoms with Gasteiger partial charge in [0, 0.05) is 6.20 Å². The third-order valence-electron chi connectivity index (χ3n) is 6.25. The summed E-state index contributed by atoms with van der Waals surface area (Å²) in [6.07, 6.45) is 7.22. The molecule has 2 heterocycles. The lowest BCUT2D eigenvalue weighted by molar-refractivity contribution is -0.131. The first-order valence-corrected chi connectivity index (χ1v) is 10.3. The van der Waals surface area contributed by atoms with Crippen LogP contribution in [0.3, 0.4) is 0 Å². The highest BCUT2D eigenvalue weighted by Crippen LogP contribution is 2.33. The van der Waals surface area contributed by atoms with Gasteiger partial charge in [0.2, 0.25) is 0 Å². The summed E-state index contributed by atoms with van der Waals surface area (Å²) in [5.74, 6) is -0.215. The number of imide groups is 1. The maximum atomic E-state index is 13.2. The van der Waals surface area contributed by atoms with E-state index in [1.54, 1.807) is 6.92 Å². The van der Waals surface area contributed by atoms with Crippen molar-refractivity contribution in [1.29, 1.82) is 0 Å². The number of carbonyl (C=O) groups excluding carboxylic acids is 2. The summed E-state index contributed by atoms with van der Waals surface area (Å²) in [7, 11) is 0. The van der Waals surface area contributed by atoms with Gasteiger partial charge in [-0.25, -0.2) is 4.79 Å². The number of amides is 3. The SMILES string of the molecule is CCC(CC)n1ccc(CN2C(=O)NC(C)(c3ccc4c(c3)CCC4)C2=O)n1. The fourth-order valence-electron chi connectivity index (χ4n) is 4.41. The fraction of sp³-hybridized carbons (Fsp3) is 0.500. The smallest absolute Gasteiger partial charge is 0.319 e. The van der Waals surface area contributed by atoms with Crippen molar-refractivity contribution in [3.63, 3.8) is 0 Å². The predicted octanol–water partition coefficient (Wildman–Crippen LogP) is 3.70. The van der Waals surface area contributed by atoms with Crippen LogP contribution in [0, 0.1) is 0 Å². The van der Waals surface area contributed by atoms with Crippen molar-refractivity contribution < 1.29 is 9.59 Å². The Hall–Kier alpha value is -2.63. The lowest BCUT2D eigenvalue weighted by Crippen LogP contribution is -2.41. The van der Waals surface area contributed by atoms with E-state index in [1.165, 1.54) is 16.0 Å². The normalized spacial score (nSPS) is 21.5. The number of aryl methyl sites for hydroxylation is 2. The Morgan fingerprint density at radius 2 is 1.89 bits per heavy atom. The highest BCUT2D eigenvalue weighted by atomic mass is 16.2. The number of urea groups is 1. The highest BCUT2D eigenvalue weighted by molar-refractivity contribution is 6.07. The minimum atomic E-state index is -1.02. The van der Waals surface area contributed by atoms with E-state index in [-0.39, 0.29) is 18.5 Å². The molecule has 1 aliphatic carbocycles. The number of nitrogens with one attached hydrogen (secondary N) is 1. The van der Waals surface area contributed by atoms with Crippen LogP contribution in [0.25, 0.3) is 0 Å². The Kier molecular flexibility index (Phi) is 4.73. The lowest BCUT2D eigenvalue weighted by atomic mass is 9.89. The van der Waals surface area contributed by atoms with Crippen molar-refractivity contribution in [2.45, 2.75) is 71.0 Å². The van der Waals surface area contributed by atoms with E-state index < -0.39 is 5.54 Å². The van der Waals surface area contributed by atoms with Gasteiger partial charge in [0.05, 0.1) is 18.3 Å². The van der Waals surface area contributed by atoms with Gasteiger partial charge in [-0.1, -0.05) is 32.0 Å². The van der Waals surface area contributed by atoms with E-state index in [1.807, 2.05) is 23.0 Å². The first kappa shape index (κ1) is 18.7. The van der Waals surface area contributed by atoms with Gasteiger partial charge in [0.15, 0.2) is 0 Å². The molecule has 1 atom stereocenters. The van der Waals surface area contributed by atoms with Crippen molar-refractivity contribution in [2.75, 3.05) is 0 Å². The molecule has 4 rings (SSSR count). The topological polar surface area (TPSA) is 67.2 Å². The second-order valence-electron chi connectivity index (χ2n) is 8.04. The molecule has 0 radical (unpaired) electrons. The van der Waals surface area contributed by atoms with E-state index in [4.69, 9.17) is 0 Å². The number of fused-ring (bicyclic) bond motifs is 1. The van der Waals surface area contributed by atoms with Crippen LogP contribution in [-0.2, 0) is 29.7 Å². The highest BCUT2D eigenvalue weighted by Gasteiger charge is 2.49. The number of rotatable bonds is 6. The molecule has 3 amide bonds. The quantitative estimate of drug-likeness (QED) is 0.777. The van der Waals surface area contributed by atoms with Crippen LogP contribution in [0.15, 0.2) is 30.5 Å². The first-order valence-electron chi connectivity index (χ1n) is 10.3. The maximum absolute atomic E-state index is 13.2. The van der Waals surface area contributed by atoms with Gasteiger partial charge in [-0.05, 0) is 61.8 Å². The van der Waals surface area contributed by atoms with Crippen LogP contribution >= 0.6 is 0 Å². The van der Waals surface area contributed by atoms with Gasteiger partial charge >= 0.3 is 6.03 Å². The zero-order chi connectivity index (χ0) is 19.9. The molecule has 1 N–H and O–H groups in total. The van der Waals surface area contributed by atoms with Gasteiger partial charge in [0.1, 0.15) is 5.54 Å². The standard InChI is InChI=1S/C22H28N4O2/c1-4-19(5-2)26-12-11-18(24-26)14-25-20(27)22(3,23-21(25)28)17-10-9-15-7-6-8-16(15)13-17/h9-13,19H,4-8,14H2,1-3H3,(H,23,28). The van der Waals surface area contributed by atoms with E-state index in [2.05, 4.69) is 36.4 Å². The zero-order valence-corrected chi connectivity index (χ0v) is 16.9. The zero-order valence-electron chi connectivity index (χ0n) is 16.9. The van der Waals surface area contributed by atoms with E-state index in [0.29, 0.717) is 6.04 Å². The van der Waals surface area contributed by atoms with Crippen molar-refractivity contribution in [3.05, 3.63) is 52.8 Å². The molecule has 28 heavy (non-hydrogen) atoms.